The van der Waals surface area contributed by atoms with Crippen LogP contribution in [0.3, 0.4) is 0 Å². The van der Waals surface area contributed by atoms with Gasteiger partial charge in [-0.05, 0) is 29.5 Å². The van der Waals surface area contributed by atoms with Gasteiger partial charge in [0, 0.05) is 24.4 Å². The van der Waals surface area contributed by atoms with Gasteiger partial charge in [0.15, 0.2) is 0 Å². The monoisotopic (exact) mass is 330 g/mol. The average molecular weight is 330 g/mol. The van der Waals surface area contributed by atoms with E-state index in [1.165, 1.54) is 5.56 Å². The molecule has 0 spiro atoms. The number of methoxy groups -OCH3 is 1. The summed E-state index contributed by atoms with van der Waals surface area (Å²) < 4.78 is 10.9. The number of ether oxygens (including phenoxy) is 2. The van der Waals surface area contributed by atoms with Crippen molar-refractivity contribution in [2.24, 2.45) is 11.3 Å². The van der Waals surface area contributed by atoms with Gasteiger partial charge in [0.1, 0.15) is 5.75 Å². The first-order chi connectivity index (χ1) is 11.5. The number of carbonyl (C=O) groups is 1. The summed E-state index contributed by atoms with van der Waals surface area (Å²) in [6.07, 6.45) is 1.00. The van der Waals surface area contributed by atoms with E-state index in [4.69, 9.17) is 9.47 Å². The first-order valence-corrected chi connectivity index (χ1v) is 8.78. The van der Waals surface area contributed by atoms with E-state index in [1.807, 2.05) is 17.0 Å². The summed E-state index contributed by atoms with van der Waals surface area (Å²) in [5.74, 6) is 1.73. The Morgan fingerprint density at radius 3 is 3.00 bits per heavy atom. The van der Waals surface area contributed by atoms with Gasteiger partial charge in [-0.2, -0.15) is 0 Å². The molecule has 4 rings (SSSR count). The number of urea groups is 1. The molecule has 2 amide bonds. The molecule has 1 aromatic carbocycles. The Balaban J connectivity index is 1.39. The van der Waals surface area contributed by atoms with Crippen molar-refractivity contribution in [1.82, 2.24) is 10.2 Å². The van der Waals surface area contributed by atoms with Crippen LogP contribution in [-0.4, -0.2) is 49.9 Å². The smallest absolute Gasteiger partial charge is 0.317 e. The third-order valence-corrected chi connectivity index (χ3v) is 5.91. The Kier molecular flexibility index (Phi) is 3.71. The molecule has 2 heterocycles. The van der Waals surface area contributed by atoms with Gasteiger partial charge in [0.05, 0.1) is 26.4 Å². The Morgan fingerprint density at radius 1 is 1.38 bits per heavy atom. The maximum absolute atomic E-state index is 12.8. The van der Waals surface area contributed by atoms with Gasteiger partial charge < -0.3 is 19.7 Å². The van der Waals surface area contributed by atoms with E-state index in [-0.39, 0.29) is 23.5 Å². The predicted octanol–water partition coefficient (Wildman–Crippen LogP) is 2.62. The second-order valence-electron chi connectivity index (χ2n) is 8.00. The van der Waals surface area contributed by atoms with E-state index in [9.17, 15) is 4.79 Å². The lowest BCUT2D eigenvalue weighted by Gasteiger charge is -2.24. The van der Waals surface area contributed by atoms with Crippen LogP contribution in [0.1, 0.15) is 31.7 Å². The number of fused-ring (bicyclic) bond motifs is 1. The minimum atomic E-state index is 0.0662. The summed E-state index contributed by atoms with van der Waals surface area (Å²) in [5.41, 5.74) is 1.37. The highest BCUT2D eigenvalue weighted by Gasteiger charge is 2.52. The fraction of sp³-hybridized carbons (Fsp3) is 0.632. The molecule has 24 heavy (non-hydrogen) atoms. The fourth-order valence-corrected chi connectivity index (χ4v) is 4.33. The van der Waals surface area contributed by atoms with Crippen LogP contribution >= 0.6 is 0 Å². The van der Waals surface area contributed by atoms with Gasteiger partial charge >= 0.3 is 6.03 Å². The molecule has 2 saturated heterocycles. The maximum atomic E-state index is 12.8. The molecule has 0 aromatic heterocycles. The van der Waals surface area contributed by atoms with E-state index in [2.05, 4.69) is 31.3 Å². The number of carbonyl (C=O) groups excluding carboxylic acids is 1. The molecule has 0 radical (unpaired) electrons. The second-order valence-corrected chi connectivity index (χ2v) is 8.00. The summed E-state index contributed by atoms with van der Waals surface area (Å²) in [6.45, 7) is 6.74. The van der Waals surface area contributed by atoms with Gasteiger partial charge in [0.2, 0.25) is 0 Å². The maximum Gasteiger partial charge on any atom is 0.317 e. The minimum Gasteiger partial charge on any atom is -0.497 e. The molecule has 1 aliphatic carbocycles. The number of rotatable bonds is 3. The third kappa shape index (κ3) is 2.65. The highest BCUT2D eigenvalue weighted by molar-refractivity contribution is 5.76. The van der Waals surface area contributed by atoms with Gasteiger partial charge in [-0.1, -0.05) is 26.0 Å². The van der Waals surface area contributed by atoms with Crippen LogP contribution in [0.5, 0.6) is 5.75 Å². The number of likely N-dealkylation sites (tertiary alicyclic amines) is 1. The fourth-order valence-electron chi connectivity index (χ4n) is 4.33. The van der Waals surface area contributed by atoms with Crippen molar-refractivity contribution >= 4 is 6.03 Å². The van der Waals surface area contributed by atoms with Crippen LogP contribution in [0.15, 0.2) is 24.3 Å². The Bertz CT molecular complexity index is 645. The molecule has 4 atom stereocenters. The van der Waals surface area contributed by atoms with Gasteiger partial charge in [0.25, 0.3) is 0 Å². The van der Waals surface area contributed by atoms with Crippen LogP contribution in [0.2, 0.25) is 0 Å². The number of nitrogens with zero attached hydrogens (tertiary/aromatic N) is 1. The molecule has 130 valence electrons. The summed E-state index contributed by atoms with van der Waals surface area (Å²) in [6, 6.07) is 8.66. The molecule has 1 aromatic rings. The summed E-state index contributed by atoms with van der Waals surface area (Å²) in [5, 5.41) is 3.22. The zero-order valence-electron chi connectivity index (χ0n) is 14.6. The number of hydrogen-bond acceptors (Lipinski definition) is 3. The van der Waals surface area contributed by atoms with Crippen LogP contribution in [0, 0.1) is 11.3 Å². The molecule has 5 nitrogen and oxygen atoms in total. The highest BCUT2D eigenvalue weighted by atomic mass is 16.5. The quantitative estimate of drug-likeness (QED) is 0.927. The lowest BCUT2D eigenvalue weighted by molar-refractivity contribution is 0.124. The largest absolute Gasteiger partial charge is 0.497 e. The topological polar surface area (TPSA) is 50.8 Å². The van der Waals surface area contributed by atoms with Crippen molar-refractivity contribution in [2.45, 2.75) is 38.3 Å². The number of benzene rings is 1. The van der Waals surface area contributed by atoms with Crippen molar-refractivity contribution in [3.63, 3.8) is 0 Å². The average Bonchev–Trinajstić information content (AvgIpc) is 3.04. The Labute approximate surface area is 143 Å². The van der Waals surface area contributed by atoms with E-state index in [1.54, 1.807) is 7.11 Å². The molecule has 0 unspecified atom stereocenters. The van der Waals surface area contributed by atoms with Crippen LogP contribution in [0.25, 0.3) is 0 Å². The minimum absolute atomic E-state index is 0.0662. The van der Waals surface area contributed by atoms with Crippen molar-refractivity contribution in [1.29, 1.82) is 0 Å². The summed E-state index contributed by atoms with van der Waals surface area (Å²) in [4.78, 5) is 14.8. The summed E-state index contributed by atoms with van der Waals surface area (Å²) >= 11 is 0. The molecule has 3 fully saturated rings. The first-order valence-electron chi connectivity index (χ1n) is 8.78. The molecular weight excluding hydrogens is 304 g/mol. The van der Waals surface area contributed by atoms with Crippen molar-refractivity contribution in [2.75, 3.05) is 26.9 Å². The predicted molar refractivity (Wildman–Crippen MR) is 91.3 cm³/mol. The Morgan fingerprint density at radius 2 is 2.21 bits per heavy atom. The van der Waals surface area contributed by atoms with E-state index >= 15 is 0 Å². The highest BCUT2D eigenvalue weighted by Crippen LogP contribution is 2.45. The molecule has 2 aliphatic heterocycles. The lowest BCUT2D eigenvalue weighted by Crippen LogP contribution is -2.45. The molecule has 1 N–H and O–H groups in total. The zero-order valence-corrected chi connectivity index (χ0v) is 14.6. The normalized spacial score (nSPS) is 33.2. The van der Waals surface area contributed by atoms with Crippen molar-refractivity contribution < 1.29 is 14.3 Å². The number of amides is 2. The van der Waals surface area contributed by atoms with Crippen LogP contribution in [0.4, 0.5) is 4.79 Å². The molecule has 0 bridgehead atoms. The number of hydrogen-bond donors (Lipinski definition) is 1. The molecule has 5 heteroatoms. The Hall–Kier alpha value is -1.75. The first kappa shape index (κ1) is 15.8. The van der Waals surface area contributed by atoms with Crippen molar-refractivity contribution in [3.05, 3.63) is 29.8 Å². The lowest BCUT2D eigenvalue weighted by atomic mass is 9.80. The van der Waals surface area contributed by atoms with Gasteiger partial charge in [-0.25, -0.2) is 4.79 Å². The van der Waals surface area contributed by atoms with E-state index < -0.39 is 0 Å². The zero-order chi connectivity index (χ0) is 16.9. The molecule has 1 saturated carbocycles. The van der Waals surface area contributed by atoms with Gasteiger partial charge in [-0.3, -0.25) is 0 Å². The summed E-state index contributed by atoms with van der Waals surface area (Å²) in [7, 11) is 1.68. The van der Waals surface area contributed by atoms with Crippen LogP contribution in [-0.2, 0) is 4.74 Å². The number of nitrogens with one attached hydrogen (secondary N) is 1. The molecule has 3 aliphatic rings. The van der Waals surface area contributed by atoms with Gasteiger partial charge in [-0.15, -0.1) is 0 Å². The van der Waals surface area contributed by atoms with E-state index in [0.29, 0.717) is 18.4 Å². The SMILES string of the molecule is COc1cccc([C@@H]2C[C@H]2NC(=O)N2CC(C)(C)[C@@H]3COC[C@@H]32)c1. The van der Waals surface area contributed by atoms with Crippen molar-refractivity contribution in [3.8, 4) is 5.75 Å². The third-order valence-electron chi connectivity index (χ3n) is 5.91. The standard InChI is InChI=1S/C19H26N2O3/c1-19(2)11-21(17-10-24-9-15(17)19)18(22)20-16-8-14(16)12-5-4-6-13(7-12)23-3/h4-7,14-17H,8-11H2,1-3H3,(H,20,22)/t14-,15+,16+,17-/m0/s1. The molecular formula is C19H26N2O3. The van der Waals surface area contributed by atoms with Crippen LogP contribution < -0.4 is 10.1 Å². The second kappa shape index (κ2) is 5.66. The van der Waals surface area contributed by atoms with E-state index in [0.717, 1.165) is 25.3 Å².